The predicted molar refractivity (Wildman–Crippen MR) is 127 cm³/mol. The lowest BCUT2D eigenvalue weighted by Crippen LogP contribution is -2.06. The van der Waals surface area contributed by atoms with Gasteiger partial charge in [-0.15, -0.1) is 0 Å². The van der Waals surface area contributed by atoms with E-state index in [-0.39, 0.29) is 24.0 Å². The summed E-state index contributed by atoms with van der Waals surface area (Å²) in [7, 11) is 2.95. The minimum Gasteiger partial charge on any atom is -0.493 e. The molecule has 0 radical (unpaired) electrons. The molecule has 0 saturated carbocycles. The van der Waals surface area contributed by atoms with E-state index < -0.39 is 5.97 Å². The summed E-state index contributed by atoms with van der Waals surface area (Å²) >= 11 is 12.2. The Hall–Kier alpha value is -3.55. The number of halogens is 3. The van der Waals surface area contributed by atoms with E-state index in [1.807, 2.05) is 0 Å². The van der Waals surface area contributed by atoms with Crippen LogP contribution in [0.4, 0.5) is 4.39 Å². The SMILES string of the molecule is COc1cc(/C=C2\N=C(c3cc(Cl)ccc3Cl)OC2=O)cc(OC)c1OCc1cccc(F)c1. The van der Waals surface area contributed by atoms with Gasteiger partial charge in [0.25, 0.3) is 0 Å². The van der Waals surface area contributed by atoms with Crippen molar-refractivity contribution in [3.63, 3.8) is 0 Å². The van der Waals surface area contributed by atoms with Gasteiger partial charge in [0.2, 0.25) is 11.6 Å². The third-order valence-corrected chi connectivity index (χ3v) is 5.40. The highest BCUT2D eigenvalue weighted by Crippen LogP contribution is 2.40. The van der Waals surface area contributed by atoms with E-state index in [4.69, 9.17) is 42.1 Å². The second kappa shape index (κ2) is 10.2. The Bertz CT molecular complexity index is 1300. The summed E-state index contributed by atoms with van der Waals surface area (Å²) in [4.78, 5) is 16.7. The van der Waals surface area contributed by atoms with Gasteiger partial charge in [0.1, 0.15) is 12.4 Å². The number of hydrogen-bond acceptors (Lipinski definition) is 6. The van der Waals surface area contributed by atoms with Crippen molar-refractivity contribution in [2.75, 3.05) is 14.2 Å². The Kier molecular flexibility index (Phi) is 7.05. The molecule has 174 valence electrons. The summed E-state index contributed by atoms with van der Waals surface area (Å²) in [6.07, 6.45) is 1.52. The molecule has 1 aliphatic rings. The molecular weight excluding hydrogens is 484 g/mol. The molecule has 4 rings (SSSR count). The molecule has 0 N–H and O–H groups in total. The van der Waals surface area contributed by atoms with Crippen molar-refractivity contribution < 1.29 is 28.1 Å². The van der Waals surface area contributed by atoms with Gasteiger partial charge in [-0.1, -0.05) is 35.3 Å². The molecule has 0 bridgehead atoms. The van der Waals surface area contributed by atoms with Crippen LogP contribution in [-0.2, 0) is 16.1 Å². The van der Waals surface area contributed by atoms with Gasteiger partial charge in [0.05, 0.1) is 24.8 Å². The van der Waals surface area contributed by atoms with E-state index in [1.54, 1.807) is 42.5 Å². The fourth-order valence-electron chi connectivity index (χ4n) is 3.25. The van der Waals surface area contributed by atoms with E-state index in [0.717, 1.165) is 0 Å². The molecule has 0 aliphatic carbocycles. The fraction of sp³-hybridized carbons (Fsp3) is 0.120. The average molecular weight is 502 g/mol. The third-order valence-electron chi connectivity index (χ3n) is 4.84. The zero-order valence-electron chi connectivity index (χ0n) is 18.1. The molecule has 0 saturated heterocycles. The van der Waals surface area contributed by atoms with Crippen LogP contribution >= 0.6 is 23.2 Å². The molecule has 0 aromatic heterocycles. The lowest BCUT2D eigenvalue weighted by atomic mass is 10.1. The van der Waals surface area contributed by atoms with Crippen molar-refractivity contribution in [1.82, 2.24) is 0 Å². The smallest absolute Gasteiger partial charge is 0.363 e. The van der Waals surface area contributed by atoms with Crippen molar-refractivity contribution in [2.24, 2.45) is 4.99 Å². The van der Waals surface area contributed by atoms with Crippen LogP contribution in [0.2, 0.25) is 10.0 Å². The highest BCUT2D eigenvalue weighted by Gasteiger charge is 2.26. The molecule has 0 unspecified atom stereocenters. The van der Waals surface area contributed by atoms with E-state index in [0.29, 0.717) is 44.0 Å². The van der Waals surface area contributed by atoms with Gasteiger partial charge >= 0.3 is 5.97 Å². The third kappa shape index (κ3) is 5.16. The zero-order chi connectivity index (χ0) is 24.2. The fourth-order valence-corrected chi connectivity index (χ4v) is 3.62. The molecule has 9 heteroatoms. The Labute approximate surface area is 205 Å². The van der Waals surface area contributed by atoms with E-state index >= 15 is 0 Å². The first-order valence-electron chi connectivity index (χ1n) is 9.99. The van der Waals surface area contributed by atoms with E-state index in [2.05, 4.69) is 4.99 Å². The van der Waals surface area contributed by atoms with E-state index in [9.17, 15) is 9.18 Å². The summed E-state index contributed by atoms with van der Waals surface area (Å²) in [6, 6.07) is 14.2. The van der Waals surface area contributed by atoms with Gasteiger partial charge < -0.3 is 18.9 Å². The molecule has 34 heavy (non-hydrogen) atoms. The van der Waals surface area contributed by atoms with Crippen molar-refractivity contribution in [3.05, 3.63) is 92.8 Å². The second-order valence-electron chi connectivity index (χ2n) is 7.13. The molecule has 1 heterocycles. The van der Waals surface area contributed by atoms with Crippen LogP contribution in [-0.4, -0.2) is 26.1 Å². The summed E-state index contributed by atoms with van der Waals surface area (Å²) in [5.41, 5.74) is 1.66. The van der Waals surface area contributed by atoms with Crippen molar-refractivity contribution >= 4 is 41.1 Å². The maximum Gasteiger partial charge on any atom is 0.363 e. The first-order valence-corrected chi connectivity index (χ1v) is 10.7. The van der Waals surface area contributed by atoms with Crippen LogP contribution in [0, 0.1) is 5.82 Å². The molecule has 0 spiro atoms. The van der Waals surface area contributed by atoms with Crippen LogP contribution < -0.4 is 14.2 Å². The number of carbonyl (C=O) groups excluding carboxylic acids is 1. The van der Waals surface area contributed by atoms with Crippen LogP contribution in [0.15, 0.2) is 65.3 Å². The quantitative estimate of drug-likeness (QED) is 0.290. The van der Waals surface area contributed by atoms with Gasteiger partial charge in [0, 0.05) is 5.02 Å². The minimum atomic E-state index is -0.643. The lowest BCUT2D eigenvalue weighted by Gasteiger charge is -2.15. The second-order valence-corrected chi connectivity index (χ2v) is 7.98. The number of hydrogen-bond donors (Lipinski definition) is 0. The number of methoxy groups -OCH3 is 2. The van der Waals surface area contributed by atoms with Crippen LogP contribution in [0.25, 0.3) is 6.08 Å². The van der Waals surface area contributed by atoms with Gasteiger partial charge in [0.15, 0.2) is 17.2 Å². The van der Waals surface area contributed by atoms with Crippen molar-refractivity contribution in [1.29, 1.82) is 0 Å². The van der Waals surface area contributed by atoms with Gasteiger partial charge in [-0.3, -0.25) is 0 Å². The molecule has 0 amide bonds. The molecule has 0 atom stereocenters. The Balaban J connectivity index is 1.65. The number of esters is 1. The van der Waals surface area contributed by atoms with E-state index in [1.165, 1.54) is 32.4 Å². The number of ether oxygens (including phenoxy) is 4. The molecule has 3 aromatic carbocycles. The van der Waals surface area contributed by atoms with Crippen LogP contribution in [0.5, 0.6) is 17.2 Å². The van der Waals surface area contributed by atoms with Crippen molar-refractivity contribution in [2.45, 2.75) is 6.61 Å². The zero-order valence-corrected chi connectivity index (χ0v) is 19.6. The first-order chi connectivity index (χ1) is 16.4. The monoisotopic (exact) mass is 501 g/mol. The predicted octanol–water partition coefficient (Wildman–Crippen LogP) is 6.07. The molecule has 0 fully saturated rings. The molecular formula is C25H18Cl2FNO5. The number of benzene rings is 3. The highest BCUT2D eigenvalue weighted by atomic mass is 35.5. The average Bonchev–Trinajstić information content (AvgIpc) is 3.18. The number of carbonyl (C=O) groups is 1. The Morgan fingerprint density at radius 1 is 1.03 bits per heavy atom. The number of nitrogens with zero attached hydrogens (tertiary/aromatic N) is 1. The molecule has 6 nitrogen and oxygen atoms in total. The topological polar surface area (TPSA) is 66.4 Å². The van der Waals surface area contributed by atoms with Gasteiger partial charge in [-0.25, -0.2) is 14.2 Å². The normalized spacial score (nSPS) is 14.1. The summed E-state index contributed by atoms with van der Waals surface area (Å²) in [5.74, 6) is 0.102. The number of cyclic esters (lactones) is 1. The Morgan fingerprint density at radius 3 is 2.44 bits per heavy atom. The molecule has 1 aliphatic heterocycles. The largest absolute Gasteiger partial charge is 0.493 e. The summed E-state index contributed by atoms with van der Waals surface area (Å²) in [5, 5.41) is 0.777. The van der Waals surface area contributed by atoms with Crippen LogP contribution in [0.1, 0.15) is 16.7 Å². The maximum atomic E-state index is 13.5. The van der Waals surface area contributed by atoms with Crippen LogP contribution in [0.3, 0.4) is 0 Å². The summed E-state index contributed by atoms with van der Waals surface area (Å²) in [6.45, 7) is 0.102. The maximum absolute atomic E-state index is 13.5. The summed E-state index contributed by atoms with van der Waals surface area (Å²) < 4.78 is 35.5. The van der Waals surface area contributed by atoms with Crippen molar-refractivity contribution in [3.8, 4) is 17.2 Å². The van der Waals surface area contributed by atoms with Gasteiger partial charge in [-0.05, 0) is 59.7 Å². The number of rotatable bonds is 7. The minimum absolute atomic E-state index is 0.0535. The molecule has 3 aromatic rings. The number of aliphatic imine (C=N–C) groups is 1. The standard InChI is InChI=1S/C25H18Cl2FNO5/c1-31-21-10-15(11-22(32-2)23(21)33-13-14-4-3-5-17(28)8-14)9-20-25(30)34-24(29-20)18-12-16(26)6-7-19(18)27/h3-12H,13H2,1-2H3/b20-9-. The van der Waals surface area contributed by atoms with Gasteiger partial charge in [-0.2, -0.15) is 0 Å². The Morgan fingerprint density at radius 2 is 1.76 bits per heavy atom. The lowest BCUT2D eigenvalue weighted by molar-refractivity contribution is -0.129. The highest BCUT2D eigenvalue weighted by molar-refractivity contribution is 6.36. The first kappa shape index (κ1) is 23.6.